The van der Waals surface area contributed by atoms with Crippen molar-refractivity contribution >= 4 is 76.5 Å². The van der Waals surface area contributed by atoms with Gasteiger partial charge in [-0.2, -0.15) is 0 Å². The molecule has 22 N–H and O–H groups in total. The summed E-state index contributed by atoms with van der Waals surface area (Å²) < 4.78 is 44.5. The molecule has 0 saturated carbocycles. The lowest BCUT2D eigenvalue weighted by Crippen LogP contribution is -2.66. The number of phenolic OH excluding ortho intramolecular Hbond substituents is 3. The molecule has 7 aliphatic rings. The largest absolute Gasteiger partial charge is 0.508 e. The van der Waals surface area contributed by atoms with Crippen molar-refractivity contribution in [3.63, 3.8) is 0 Å². The maximum atomic E-state index is 16.1. The van der Waals surface area contributed by atoms with E-state index in [0.717, 1.165) is 72.8 Å². The van der Waals surface area contributed by atoms with Crippen LogP contribution in [0, 0.1) is 5.92 Å². The van der Waals surface area contributed by atoms with Crippen LogP contribution in [0.2, 0.25) is 10.0 Å². The third kappa shape index (κ3) is 18.3. The second-order valence-corrected chi connectivity index (χ2v) is 28.6. The Kier molecular flexibility index (Phi) is 26.1. The molecule has 15 unspecified atom stereocenters. The normalized spacial score (nSPS) is 28.3. The number of phenols is 3. The van der Waals surface area contributed by atoms with E-state index in [1.807, 2.05) is 6.92 Å². The molecular weight excluding hydrogens is 1490 g/mol. The van der Waals surface area contributed by atoms with Gasteiger partial charge in [-0.05, 0) is 109 Å². The van der Waals surface area contributed by atoms with Crippen molar-refractivity contribution in [2.45, 2.75) is 182 Å². The van der Waals surface area contributed by atoms with Crippen molar-refractivity contribution in [2.75, 3.05) is 19.8 Å². The molecule has 2 fully saturated rings. The van der Waals surface area contributed by atoms with Crippen LogP contribution >= 0.6 is 23.2 Å². The fourth-order valence-electron chi connectivity index (χ4n) is 13.3. The number of carboxylic acid groups (broad SMARTS) is 2. The highest BCUT2D eigenvalue weighted by molar-refractivity contribution is 6.32. The van der Waals surface area contributed by atoms with Crippen LogP contribution in [0.4, 0.5) is 0 Å². The lowest BCUT2D eigenvalue weighted by Gasteiger charge is -2.48. The molecule has 7 aliphatic heterocycles. The number of aromatic hydroxyl groups is 3. The van der Waals surface area contributed by atoms with Gasteiger partial charge >= 0.3 is 11.9 Å². The SMILES string of the molecule is CCCCOC(CNC1(C)CC(OC2C(Oc3c4cc5cc3Oc3ccc(cc3Cl)[C@@H](O)[C@@H]3NC(=O)C(NC(=O)C5NC(=O)C(CC(N)=O)NC(=O)[C@@H](NC(=O)[C@H](N)CC(C)C)C(O)c5ccc(c(Cl)c5)O4)c4ccc(O)c(c4)-c4c(O)cc(O)cc4C(C(=O)O)NC3=O)OC(CO)C(O)C2O)OC(C)C1O)C(=O)O. The van der Waals surface area contributed by atoms with Crippen LogP contribution in [0.1, 0.15) is 125 Å². The number of nitrogens with one attached hydrogen (secondary N) is 7. The zero-order chi connectivity index (χ0) is 80.2. The third-order valence-corrected chi connectivity index (χ3v) is 19.8. The molecule has 0 spiro atoms. The number of unbranched alkanes of at least 4 members (excludes halogenated alkanes) is 1. The van der Waals surface area contributed by atoms with Gasteiger partial charge in [0.25, 0.3) is 0 Å². The Hall–Kier alpha value is -9.77. The fraction of sp³-hybridized carbons (Fsp3) is 0.458. The Labute approximate surface area is 636 Å². The van der Waals surface area contributed by atoms with E-state index in [4.69, 9.17) is 67.8 Å². The number of benzene rings is 5. The van der Waals surface area contributed by atoms with E-state index in [9.17, 15) is 84.9 Å². The maximum absolute atomic E-state index is 16.1. The monoisotopic (exact) mass is 1580 g/mol. The summed E-state index contributed by atoms with van der Waals surface area (Å²) in [5.41, 5.74) is 7.48. The van der Waals surface area contributed by atoms with Crippen LogP contribution in [0.3, 0.4) is 0 Å². The molecule has 594 valence electrons. The number of rotatable bonds is 20. The van der Waals surface area contributed by atoms with Gasteiger partial charge in [0.1, 0.15) is 89.5 Å². The van der Waals surface area contributed by atoms with Gasteiger partial charge in [0.15, 0.2) is 36.0 Å². The predicted molar refractivity (Wildman–Crippen MR) is 381 cm³/mol. The summed E-state index contributed by atoms with van der Waals surface area (Å²) >= 11 is 14.2. The number of primary amides is 1. The number of carbonyl (C=O) groups excluding carboxylic acids is 7. The minimum Gasteiger partial charge on any atom is -0.508 e. The van der Waals surface area contributed by atoms with E-state index in [2.05, 4.69) is 37.2 Å². The first-order valence-electron chi connectivity index (χ1n) is 34.8. The summed E-state index contributed by atoms with van der Waals surface area (Å²) in [6, 6.07) is -1.55. The molecular formula is C72H85Cl2N9O27. The average molecular weight is 1580 g/mol. The minimum absolute atomic E-state index is 0.0575. The number of aliphatic hydroxyl groups excluding tert-OH is 6. The molecule has 5 aromatic carbocycles. The highest BCUT2D eigenvalue weighted by atomic mass is 35.5. The average Bonchev–Trinajstić information content (AvgIpc) is 0.768. The third-order valence-electron chi connectivity index (χ3n) is 19.2. The Bertz CT molecular complexity index is 4350. The van der Waals surface area contributed by atoms with Gasteiger partial charge < -0.3 is 138 Å². The maximum Gasteiger partial charge on any atom is 0.334 e. The van der Waals surface area contributed by atoms with Crippen molar-refractivity contribution in [1.82, 2.24) is 37.2 Å². The standard InChI is InChI=1S/C72H85Cl2N9O27/c1-6-7-14-104-46(69(100)101)25-77-72(5)24-49(105-28(4)62(72)93)109-61-59(92)58(91)47(26-84)108-71(61)110-60-44-19-32-20-45(60)107-43-13-10-31(18-37(43)74)57(90)55-68(99)81-53(70(102)103)35-21-33(85)22-41(87)50(35)34-16-29(8-11-40(34)86)51(65(96)83-55)80-66(97)52(32)79-64(95)39(23-48(76)88)78-67(98)54(82-63(94)38(75)15-27(2)3)56(89)30-9-12-42(106-44)36(73)17-30/h8-13,16-22,27-28,38-39,46-47,49,51-59,61-62,71,77,84-87,89-93H,6-7,14-15,23-26,75H2,1-5H3,(H2,76,88)(H,78,98)(H,79,95)(H,80,97)(H,81,99)(H,82,94)(H,83,96)(H,100,101)(H,102,103)/t28?,38-,39?,46?,47?,49?,51?,52?,53?,54+,55+,56?,57-,58?,59?,61?,62?,71?,72?/m1/s1. The summed E-state index contributed by atoms with van der Waals surface area (Å²) in [4.78, 5) is 129. The molecule has 0 aromatic heterocycles. The van der Waals surface area contributed by atoms with Gasteiger partial charge in [-0.15, -0.1) is 0 Å². The first kappa shape index (κ1) is 82.7. The van der Waals surface area contributed by atoms with Gasteiger partial charge in [0.05, 0.1) is 41.3 Å². The highest BCUT2D eigenvalue weighted by Crippen LogP contribution is 2.50. The summed E-state index contributed by atoms with van der Waals surface area (Å²) in [6.07, 6.45) is -20.0. The van der Waals surface area contributed by atoms with E-state index < -0.39 is 260 Å². The van der Waals surface area contributed by atoms with E-state index in [0.29, 0.717) is 12.8 Å². The van der Waals surface area contributed by atoms with Gasteiger partial charge in [-0.1, -0.05) is 68.6 Å². The molecule has 0 radical (unpaired) electrons. The number of hydrogen-bond donors (Lipinski definition) is 20. The molecule has 11 bridgehead atoms. The quantitative estimate of drug-likeness (QED) is 0.0478. The Morgan fingerprint density at radius 3 is 1.94 bits per heavy atom. The topological polar surface area (TPSA) is 577 Å². The van der Waals surface area contributed by atoms with Gasteiger partial charge in [-0.25, -0.2) is 9.59 Å². The second kappa shape index (κ2) is 34.7. The van der Waals surface area contributed by atoms with Crippen LogP contribution < -0.4 is 62.9 Å². The van der Waals surface area contributed by atoms with E-state index >= 15 is 14.4 Å². The molecule has 110 heavy (non-hydrogen) atoms. The Balaban J connectivity index is 1.21. The Morgan fingerprint density at radius 1 is 0.718 bits per heavy atom. The van der Waals surface area contributed by atoms with E-state index in [-0.39, 0.29) is 48.6 Å². The molecule has 7 amide bonds. The molecule has 2 saturated heterocycles. The number of nitrogens with two attached hydrogens (primary N) is 2. The van der Waals surface area contributed by atoms with E-state index in [1.165, 1.54) is 19.9 Å². The highest BCUT2D eigenvalue weighted by Gasteiger charge is 2.52. The number of carboxylic acids is 2. The number of halogens is 2. The first-order chi connectivity index (χ1) is 52.0. The summed E-state index contributed by atoms with van der Waals surface area (Å²) in [5.74, 6) is -18.0. The number of amides is 7. The Morgan fingerprint density at radius 2 is 1.34 bits per heavy atom. The van der Waals surface area contributed by atoms with Crippen LogP contribution in [-0.2, 0) is 62.1 Å². The smallest absolute Gasteiger partial charge is 0.334 e. The molecule has 7 heterocycles. The van der Waals surface area contributed by atoms with Crippen molar-refractivity contribution in [2.24, 2.45) is 17.4 Å². The van der Waals surface area contributed by atoms with Gasteiger partial charge in [0, 0.05) is 47.9 Å². The van der Waals surface area contributed by atoms with Crippen molar-refractivity contribution < 1.29 is 132 Å². The van der Waals surface area contributed by atoms with Crippen LogP contribution in [0.25, 0.3) is 11.1 Å². The van der Waals surface area contributed by atoms with E-state index in [1.54, 1.807) is 13.8 Å². The zero-order valence-corrected chi connectivity index (χ0v) is 61.0. The van der Waals surface area contributed by atoms with Crippen molar-refractivity contribution in [3.05, 3.63) is 117 Å². The van der Waals surface area contributed by atoms with Crippen molar-refractivity contribution in [1.29, 1.82) is 0 Å². The molecule has 19 atom stereocenters. The van der Waals surface area contributed by atoms with Gasteiger partial charge in [0.2, 0.25) is 53.4 Å². The van der Waals surface area contributed by atoms with Crippen molar-refractivity contribution in [3.8, 4) is 57.1 Å². The number of ether oxygens (including phenoxy) is 7. The molecule has 5 aromatic rings. The second-order valence-electron chi connectivity index (χ2n) is 27.8. The number of aliphatic carboxylic acids is 2. The van der Waals surface area contributed by atoms with Crippen LogP contribution in [0.5, 0.6) is 46.0 Å². The van der Waals surface area contributed by atoms with Gasteiger partial charge in [-0.3, -0.25) is 33.6 Å². The number of fused-ring (bicyclic) bond motifs is 15. The number of hydrogen-bond acceptors (Lipinski definition) is 27. The summed E-state index contributed by atoms with van der Waals surface area (Å²) in [6.45, 7) is 7.11. The minimum atomic E-state index is -2.39. The summed E-state index contributed by atoms with van der Waals surface area (Å²) in [5, 5.41) is 142. The number of aliphatic hydroxyl groups is 6. The van der Waals surface area contributed by atoms with Crippen LogP contribution in [-0.4, -0.2) is 214 Å². The number of carbonyl (C=O) groups is 9. The predicted octanol–water partition coefficient (Wildman–Crippen LogP) is 0.746. The van der Waals surface area contributed by atoms with Crippen LogP contribution in [0.15, 0.2) is 78.9 Å². The molecule has 12 rings (SSSR count). The molecule has 36 nitrogen and oxygen atoms in total. The molecule has 38 heteroatoms. The lowest BCUT2D eigenvalue weighted by atomic mass is 9.84. The first-order valence-corrected chi connectivity index (χ1v) is 35.6. The lowest BCUT2D eigenvalue weighted by molar-refractivity contribution is -0.334. The fourth-order valence-corrected chi connectivity index (χ4v) is 13.8. The summed E-state index contributed by atoms with van der Waals surface area (Å²) in [7, 11) is 0. The molecule has 0 aliphatic carbocycles. The zero-order valence-electron chi connectivity index (χ0n) is 59.5.